The van der Waals surface area contributed by atoms with Crippen LogP contribution in [-0.4, -0.2) is 35.7 Å². The SMILES string of the molecule is O=C(O)c1cccc(CNCC(CO)Cc2ccc(OC(F)(F)F)cc2)c1. The zero-order valence-electron chi connectivity index (χ0n) is 14.4. The van der Waals surface area contributed by atoms with Crippen LogP contribution in [0.15, 0.2) is 48.5 Å². The molecular formula is C19H20F3NO4. The summed E-state index contributed by atoms with van der Waals surface area (Å²) in [5.41, 5.74) is 1.78. The number of aromatic carboxylic acids is 1. The number of rotatable bonds is 9. The van der Waals surface area contributed by atoms with Crippen LogP contribution in [0.3, 0.4) is 0 Å². The molecule has 0 bridgehead atoms. The van der Waals surface area contributed by atoms with Gasteiger partial charge in [-0.1, -0.05) is 24.3 Å². The predicted molar refractivity (Wildman–Crippen MR) is 92.5 cm³/mol. The van der Waals surface area contributed by atoms with Crippen molar-refractivity contribution in [1.29, 1.82) is 0 Å². The molecule has 1 unspecified atom stereocenters. The Hall–Kier alpha value is -2.58. The second kappa shape index (κ2) is 9.38. The third kappa shape index (κ3) is 7.28. The molecule has 8 heteroatoms. The number of hydrogen-bond donors (Lipinski definition) is 3. The Morgan fingerprint density at radius 1 is 1.11 bits per heavy atom. The van der Waals surface area contributed by atoms with Gasteiger partial charge in [-0.15, -0.1) is 13.2 Å². The Morgan fingerprint density at radius 3 is 2.41 bits per heavy atom. The molecule has 2 aromatic rings. The van der Waals surface area contributed by atoms with E-state index in [0.717, 1.165) is 11.1 Å². The number of ether oxygens (including phenoxy) is 1. The van der Waals surface area contributed by atoms with E-state index in [2.05, 4.69) is 10.1 Å². The number of nitrogens with one attached hydrogen (secondary N) is 1. The molecule has 0 saturated heterocycles. The number of alkyl halides is 3. The molecule has 27 heavy (non-hydrogen) atoms. The molecule has 0 saturated carbocycles. The fourth-order valence-electron chi connectivity index (χ4n) is 2.60. The predicted octanol–water partition coefficient (Wildman–Crippen LogP) is 3.22. The molecule has 1 atom stereocenters. The number of aliphatic hydroxyl groups excluding tert-OH is 1. The van der Waals surface area contributed by atoms with Gasteiger partial charge in [0.05, 0.1) is 5.56 Å². The van der Waals surface area contributed by atoms with E-state index < -0.39 is 12.3 Å². The Labute approximate surface area is 154 Å². The maximum Gasteiger partial charge on any atom is 0.573 e. The Kier molecular flexibility index (Phi) is 7.20. The molecule has 0 amide bonds. The molecule has 0 aliphatic carbocycles. The van der Waals surface area contributed by atoms with Crippen molar-refractivity contribution in [3.63, 3.8) is 0 Å². The monoisotopic (exact) mass is 383 g/mol. The Morgan fingerprint density at radius 2 is 1.81 bits per heavy atom. The third-order valence-electron chi connectivity index (χ3n) is 3.88. The van der Waals surface area contributed by atoms with Gasteiger partial charge >= 0.3 is 12.3 Å². The van der Waals surface area contributed by atoms with Crippen molar-refractivity contribution in [1.82, 2.24) is 5.32 Å². The van der Waals surface area contributed by atoms with Gasteiger partial charge < -0.3 is 20.3 Å². The van der Waals surface area contributed by atoms with Crippen molar-refractivity contribution in [2.75, 3.05) is 13.2 Å². The molecule has 0 spiro atoms. The molecule has 0 heterocycles. The molecule has 0 aromatic heterocycles. The van der Waals surface area contributed by atoms with Crippen LogP contribution in [0, 0.1) is 5.92 Å². The Balaban J connectivity index is 1.85. The van der Waals surface area contributed by atoms with E-state index in [1.165, 1.54) is 30.3 Å². The van der Waals surface area contributed by atoms with E-state index in [1.807, 2.05) is 0 Å². The number of carboxylic acids is 1. The van der Waals surface area contributed by atoms with Gasteiger partial charge in [-0.05, 0) is 47.7 Å². The van der Waals surface area contributed by atoms with E-state index in [0.29, 0.717) is 19.5 Å². The van der Waals surface area contributed by atoms with Crippen LogP contribution >= 0.6 is 0 Å². The van der Waals surface area contributed by atoms with Crippen molar-refractivity contribution in [2.45, 2.75) is 19.3 Å². The summed E-state index contributed by atoms with van der Waals surface area (Å²) in [5.74, 6) is -1.42. The van der Waals surface area contributed by atoms with Crippen molar-refractivity contribution in [3.05, 3.63) is 65.2 Å². The summed E-state index contributed by atoms with van der Waals surface area (Å²) < 4.78 is 40.3. The van der Waals surface area contributed by atoms with Gasteiger partial charge in [0.25, 0.3) is 0 Å². The van der Waals surface area contributed by atoms with Gasteiger partial charge in [0.2, 0.25) is 0 Å². The first kappa shape index (κ1) is 20.7. The fraction of sp³-hybridized carbons (Fsp3) is 0.316. The molecule has 0 radical (unpaired) electrons. The third-order valence-corrected chi connectivity index (χ3v) is 3.88. The summed E-state index contributed by atoms with van der Waals surface area (Å²) in [4.78, 5) is 11.0. The van der Waals surface area contributed by atoms with Crippen LogP contribution < -0.4 is 10.1 Å². The minimum Gasteiger partial charge on any atom is -0.478 e. The van der Waals surface area contributed by atoms with E-state index in [-0.39, 0.29) is 23.8 Å². The summed E-state index contributed by atoms with van der Waals surface area (Å²) in [5, 5.41) is 21.7. The number of benzene rings is 2. The molecule has 5 nitrogen and oxygen atoms in total. The second-order valence-corrected chi connectivity index (χ2v) is 6.08. The lowest BCUT2D eigenvalue weighted by atomic mass is 10.00. The average Bonchev–Trinajstić information content (AvgIpc) is 2.61. The number of carboxylic acid groups (broad SMARTS) is 1. The number of aliphatic hydroxyl groups is 1. The second-order valence-electron chi connectivity index (χ2n) is 6.08. The topological polar surface area (TPSA) is 78.8 Å². The van der Waals surface area contributed by atoms with Crippen molar-refractivity contribution < 1.29 is 32.9 Å². The maximum absolute atomic E-state index is 12.2. The van der Waals surface area contributed by atoms with Gasteiger partial charge in [-0.25, -0.2) is 4.79 Å². The van der Waals surface area contributed by atoms with Crippen LogP contribution in [0.4, 0.5) is 13.2 Å². The van der Waals surface area contributed by atoms with Crippen LogP contribution in [0.1, 0.15) is 21.5 Å². The van der Waals surface area contributed by atoms with E-state index >= 15 is 0 Å². The first-order valence-electron chi connectivity index (χ1n) is 8.25. The van der Waals surface area contributed by atoms with Crippen molar-refractivity contribution in [3.8, 4) is 5.75 Å². The van der Waals surface area contributed by atoms with Gasteiger partial charge in [0.1, 0.15) is 5.75 Å². The highest BCUT2D eigenvalue weighted by Crippen LogP contribution is 2.23. The summed E-state index contributed by atoms with van der Waals surface area (Å²) in [6.45, 7) is 0.813. The summed E-state index contributed by atoms with van der Waals surface area (Å²) in [7, 11) is 0. The van der Waals surface area contributed by atoms with Crippen LogP contribution in [0.2, 0.25) is 0 Å². The van der Waals surface area contributed by atoms with Gasteiger partial charge in [0, 0.05) is 19.7 Å². The number of halogens is 3. The fourth-order valence-corrected chi connectivity index (χ4v) is 2.60. The quantitative estimate of drug-likeness (QED) is 0.620. The largest absolute Gasteiger partial charge is 0.573 e. The Bertz CT molecular complexity index is 747. The highest BCUT2D eigenvalue weighted by Gasteiger charge is 2.30. The minimum atomic E-state index is -4.73. The minimum absolute atomic E-state index is 0.0943. The van der Waals surface area contributed by atoms with E-state index in [9.17, 15) is 23.1 Å². The van der Waals surface area contributed by atoms with E-state index in [4.69, 9.17) is 5.11 Å². The molecule has 146 valence electrons. The summed E-state index contributed by atoms with van der Waals surface area (Å²) >= 11 is 0. The summed E-state index contributed by atoms with van der Waals surface area (Å²) in [6.07, 6.45) is -4.25. The highest BCUT2D eigenvalue weighted by molar-refractivity contribution is 5.87. The first-order valence-corrected chi connectivity index (χ1v) is 8.25. The molecular weight excluding hydrogens is 363 g/mol. The van der Waals surface area contributed by atoms with Gasteiger partial charge in [0.15, 0.2) is 0 Å². The van der Waals surface area contributed by atoms with Gasteiger partial charge in [-0.3, -0.25) is 0 Å². The normalized spacial score (nSPS) is 12.6. The molecule has 0 fully saturated rings. The average molecular weight is 383 g/mol. The van der Waals surface area contributed by atoms with Crippen molar-refractivity contribution >= 4 is 5.97 Å². The first-order chi connectivity index (χ1) is 12.8. The number of carbonyl (C=O) groups is 1. The standard InChI is InChI=1S/C19H20F3NO4/c20-19(21,22)27-17-6-4-13(5-7-17)8-15(12-24)11-23-10-14-2-1-3-16(9-14)18(25)26/h1-7,9,15,23-24H,8,10-12H2,(H,25,26). The van der Waals surface area contributed by atoms with Crippen LogP contribution in [0.5, 0.6) is 5.75 Å². The zero-order valence-corrected chi connectivity index (χ0v) is 14.4. The van der Waals surface area contributed by atoms with E-state index in [1.54, 1.807) is 18.2 Å². The number of hydrogen-bond acceptors (Lipinski definition) is 4. The highest BCUT2D eigenvalue weighted by atomic mass is 19.4. The van der Waals surface area contributed by atoms with Crippen molar-refractivity contribution in [2.24, 2.45) is 5.92 Å². The molecule has 3 N–H and O–H groups in total. The molecule has 2 aromatic carbocycles. The zero-order chi connectivity index (χ0) is 19.9. The molecule has 0 aliphatic heterocycles. The lowest BCUT2D eigenvalue weighted by Gasteiger charge is -2.16. The lowest BCUT2D eigenvalue weighted by molar-refractivity contribution is -0.274. The molecule has 0 aliphatic rings. The maximum atomic E-state index is 12.2. The van der Waals surface area contributed by atoms with Crippen LogP contribution in [-0.2, 0) is 13.0 Å². The molecule has 2 rings (SSSR count). The lowest BCUT2D eigenvalue weighted by Crippen LogP contribution is -2.26. The van der Waals surface area contributed by atoms with Crippen LogP contribution in [0.25, 0.3) is 0 Å². The smallest absolute Gasteiger partial charge is 0.478 e. The van der Waals surface area contributed by atoms with Gasteiger partial charge in [-0.2, -0.15) is 0 Å². The summed E-state index contributed by atoms with van der Waals surface area (Å²) in [6, 6.07) is 12.1.